The van der Waals surface area contributed by atoms with Gasteiger partial charge >= 0.3 is 0 Å². The van der Waals surface area contributed by atoms with Crippen molar-refractivity contribution in [3.8, 4) is 0 Å². The van der Waals surface area contributed by atoms with E-state index in [1.807, 2.05) is 0 Å². The van der Waals surface area contributed by atoms with Gasteiger partial charge in [-0.05, 0) is 12.8 Å². The maximum Gasteiger partial charge on any atom is 0.249 e. The zero-order valence-electron chi connectivity index (χ0n) is 41.4. The number of rotatable bonds is 52. The van der Waals surface area contributed by atoms with E-state index < -0.39 is 36.9 Å². The summed E-state index contributed by atoms with van der Waals surface area (Å²) >= 11 is 0. The highest BCUT2D eigenvalue weighted by atomic mass is 16.3. The molecule has 61 heavy (non-hydrogen) atoms. The van der Waals surface area contributed by atoms with Gasteiger partial charge in [0.25, 0.3) is 0 Å². The van der Waals surface area contributed by atoms with Crippen molar-refractivity contribution in [1.29, 1.82) is 0 Å². The van der Waals surface area contributed by atoms with Crippen LogP contribution in [0.3, 0.4) is 0 Å². The van der Waals surface area contributed by atoms with Gasteiger partial charge in [0.1, 0.15) is 12.2 Å². The molecule has 0 spiro atoms. The van der Waals surface area contributed by atoms with Crippen LogP contribution in [0.15, 0.2) is 0 Å². The van der Waals surface area contributed by atoms with E-state index in [4.69, 9.17) is 0 Å². The minimum atomic E-state index is -1.25. The molecule has 0 fully saturated rings. The average Bonchev–Trinajstić information content (AvgIpc) is 3.26. The summed E-state index contributed by atoms with van der Waals surface area (Å²) in [6.45, 7) is 4.10. The summed E-state index contributed by atoms with van der Waals surface area (Å²) in [7, 11) is 0. The number of hydrogen-bond acceptors (Lipinski definition) is 5. The summed E-state index contributed by atoms with van der Waals surface area (Å²) in [5, 5.41) is 44.0. The molecular formula is C55H111NO5. The van der Waals surface area contributed by atoms with E-state index in [9.17, 15) is 25.2 Å². The maximum atomic E-state index is 12.6. The van der Waals surface area contributed by atoms with Gasteiger partial charge in [-0.2, -0.15) is 0 Å². The van der Waals surface area contributed by atoms with Gasteiger partial charge in [0.05, 0.1) is 18.8 Å². The van der Waals surface area contributed by atoms with Gasteiger partial charge in [0.2, 0.25) is 5.91 Å². The molecule has 0 heterocycles. The first-order chi connectivity index (χ1) is 30.0. The third-order valence-corrected chi connectivity index (χ3v) is 13.6. The minimum Gasteiger partial charge on any atom is -0.394 e. The van der Waals surface area contributed by atoms with Crippen molar-refractivity contribution < 1.29 is 25.2 Å². The van der Waals surface area contributed by atoms with E-state index in [0.717, 1.165) is 38.5 Å². The molecule has 1 amide bonds. The van der Waals surface area contributed by atoms with Gasteiger partial charge in [0.15, 0.2) is 0 Å². The van der Waals surface area contributed by atoms with Crippen molar-refractivity contribution in [2.24, 2.45) is 0 Å². The van der Waals surface area contributed by atoms with Crippen LogP contribution >= 0.6 is 0 Å². The van der Waals surface area contributed by atoms with Crippen molar-refractivity contribution >= 4 is 5.91 Å². The Hall–Kier alpha value is -0.690. The number of nitrogens with one attached hydrogen (secondary N) is 1. The van der Waals surface area contributed by atoms with Gasteiger partial charge in [-0.15, -0.1) is 0 Å². The molecule has 366 valence electrons. The van der Waals surface area contributed by atoms with Gasteiger partial charge in [0, 0.05) is 0 Å². The van der Waals surface area contributed by atoms with Crippen LogP contribution in [0, 0.1) is 0 Å². The van der Waals surface area contributed by atoms with E-state index in [0.29, 0.717) is 12.8 Å². The normalized spacial score (nSPS) is 13.7. The van der Waals surface area contributed by atoms with Crippen LogP contribution < -0.4 is 5.32 Å². The molecule has 4 unspecified atom stereocenters. The number of carbonyl (C=O) groups excluding carboxylic acids is 1. The smallest absolute Gasteiger partial charge is 0.249 e. The van der Waals surface area contributed by atoms with Crippen molar-refractivity contribution in [2.75, 3.05) is 6.61 Å². The van der Waals surface area contributed by atoms with Gasteiger partial charge in [-0.25, -0.2) is 0 Å². The zero-order valence-corrected chi connectivity index (χ0v) is 41.4. The monoisotopic (exact) mass is 866 g/mol. The Kier molecular flexibility index (Phi) is 49.7. The molecule has 0 radical (unpaired) electrons. The van der Waals surface area contributed by atoms with Gasteiger partial charge < -0.3 is 25.7 Å². The van der Waals surface area contributed by atoms with E-state index >= 15 is 0 Å². The lowest BCUT2D eigenvalue weighted by Gasteiger charge is -2.27. The van der Waals surface area contributed by atoms with Gasteiger partial charge in [-0.1, -0.05) is 303 Å². The van der Waals surface area contributed by atoms with E-state index in [1.165, 1.54) is 250 Å². The molecule has 6 heteroatoms. The van der Waals surface area contributed by atoms with Crippen LogP contribution in [-0.2, 0) is 4.79 Å². The minimum absolute atomic E-state index is 0.376. The van der Waals surface area contributed by atoms with Crippen molar-refractivity contribution in [3.63, 3.8) is 0 Å². The lowest BCUT2D eigenvalue weighted by molar-refractivity contribution is -0.132. The third kappa shape index (κ3) is 44.3. The highest BCUT2D eigenvalue weighted by Crippen LogP contribution is 2.19. The average molecular weight is 866 g/mol. The number of amides is 1. The van der Waals surface area contributed by atoms with Gasteiger partial charge in [-0.3, -0.25) is 4.79 Å². The molecule has 0 aliphatic carbocycles. The molecule has 0 rings (SSSR count). The maximum absolute atomic E-state index is 12.6. The molecule has 0 aromatic carbocycles. The highest BCUT2D eigenvalue weighted by Gasteiger charge is 2.28. The summed E-state index contributed by atoms with van der Waals surface area (Å²) in [5.74, 6) is -0.576. The predicted octanol–water partition coefficient (Wildman–Crippen LogP) is 15.9. The summed E-state index contributed by atoms with van der Waals surface area (Å²) in [6.07, 6.45) is 57.4. The Morgan fingerprint density at radius 3 is 0.787 bits per heavy atom. The molecule has 0 aliphatic rings. The lowest BCUT2D eigenvalue weighted by atomic mass is 9.99. The van der Waals surface area contributed by atoms with Crippen LogP contribution in [0.5, 0.6) is 0 Å². The van der Waals surface area contributed by atoms with Crippen LogP contribution in [0.25, 0.3) is 0 Å². The van der Waals surface area contributed by atoms with Crippen LogP contribution in [0.2, 0.25) is 0 Å². The van der Waals surface area contributed by atoms with Crippen LogP contribution in [0.1, 0.15) is 316 Å². The zero-order chi connectivity index (χ0) is 44.5. The van der Waals surface area contributed by atoms with Crippen molar-refractivity contribution in [3.05, 3.63) is 0 Å². The molecule has 0 aromatic rings. The van der Waals surface area contributed by atoms with Crippen molar-refractivity contribution in [1.82, 2.24) is 5.32 Å². The first-order valence-corrected chi connectivity index (χ1v) is 27.9. The molecule has 6 nitrogen and oxygen atoms in total. The molecule has 0 saturated carbocycles. The van der Waals surface area contributed by atoms with E-state index in [1.54, 1.807) is 0 Å². The quantitative estimate of drug-likeness (QED) is 0.0391. The number of hydrogen-bond donors (Lipinski definition) is 5. The molecule has 4 atom stereocenters. The Morgan fingerprint density at radius 1 is 0.344 bits per heavy atom. The fourth-order valence-electron chi connectivity index (χ4n) is 9.17. The summed E-state index contributed by atoms with van der Waals surface area (Å²) in [6, 6.07) is -0.980. The molecular weight excluding hydrogens is 755 g/mol. The SMILES string of the molecule is CCCCCCCCCCCCCCCCCCCCCCCCCCCCCC(O)C(=O)NC(CO)C(O)C(O)CCCCCCCCCCCCCCCCCCCC. The lowest BCUT2D eigenvalue weighted by Crippen LogP contribution is -2.53. The second kappa shape index (κ2) is 50.3. The fourth-order valence-corrected chi connectivity index (χ4v) is 9.17. The fraction of sp³-hybridized carbons (Fsp3) is 0.982. The molecule has 0 aliphatic heterocycles. The molecule has 0 aromatic heterocycles. The summed E-state index contributed by atoms with van der Waals surface area (Å²) in [4.78, 5) is 12.6. The standard InChI is InChI=1S/C55H111NO5/c1-3-5-7-9-11-13-15-17-19-21-23-24-25-26-27-28-29-30-31-33-35-37-39-41-43-45-47-49-53(59)55(61)56-51(50-57)54(60)52(58)48-46-44-42-40-38-36-34-32-22-20-18-16-14-12-10-8-6-4-2/h51-54,57-60H,3-50H2,1-2H3,(H,56,61). The second-order valence-corrected chi connectivity index (χ2v) is 19.7. The Morgan fingerprint density at radius 2 is 0.557 bits per heavy atom. The Balaban J connectivity index is 3.57. The van der Waals surface area contributed by atoms with E-state index in [-0.39, 0.29) is 0 Å². The number of aliphatic hydroxyl groups excluding tert-OH is 4. The molecule has 0 saturated heterocycles. The van der Waals surface area contributed by atoms with E-state index in [2.05, 4.69) is 19.2 Å². The number of unbranched alkanes of at least 4 members (excludes halogenated alkanes) is 43. The third-order valence-electron chi connectivity index (χ3n) is 13.6. The van der Waals surface area contributed by atoms with Crippen LogP contribution in [-0.4, -0.2) is 57.3 Å². The molecule has 5 N–H and O–H groups in total. The largest absolute Gasteiger partial charge is 0.394 e. The highest BCUT2D eigenvalue weighted by molar-refractivity contribution is 5.80. The summed E-state index contributed by atoms with van der Waals surface area (Å²) in [5.41, 5.74) is 0. The molecule has 0 bridgehead atoms. The predicted molar refractivity (Wildman–Crippen MR) is 265 cm³/mol. The Bertz CT molecular complexity index is 841. The van der Waals surface area contributed by atoms with Crippen LogP contribution in [0.4, 0.5) is 0 Å². The first kappa shape index (κ1) is 60.3. The first-order valence-electron chi connectivity index (χ1n) is 27.9. The topological polar surface area (TPSA) is 110 Å². The van der Waals surface area contributed by atoms with Crippen molar-refractivity contribution in [2.45, 2.75) is 340 Å². The number of carbonyl (C=O) groups is 1. The Labute approximate surface area is 381 Å². The summed E-state index contributed by atoms with van der Waals surface area (Å²) < 4.78 is 0. The number of aliphatic hydroxyl groups is 4. The second-order valence-electron chi connectivity index (χ2n) is 19.7.